The Morgan fingerprint density at radius 3 is 2.69 bits per heavy atom. The van der Waals surface area contributed by atoms with Crippen molar-refractivity contribution in [3.63, 3.8) is 0 Å². The Kier molecular flexibility index (Phi) is 5.77. The third kappa shape index (κ3) is 4.75. The van der Waals surface area contributed by atoms with Gasteiger partial charge in [0, 0.05) is 10.7 Å². The molecule has 4 aromatic rings. The second-order valence-corrected chi connectivity index (χ2v) is 7.77. The normalized spacial score (nSPS) is 11.0. The van der Waals surface area contributed by atoms with E-state index in [1.807, 2.05) is 18.2 Å². The lowest BCUT2D eigenvalue weighted by Crippen LogP contribution is -2.02. The third-order valence-electron chi connectivity index (χ3n) is 4.19. The maximum atomic E-state index is 5.94. The van der Waals surface area contributed by atoms with Crippen LogP contribution in [-0.4, -0.2) is 30.4 Å². The third-order valence-corrected chi connectivity index (χ3v) is 5.26. The van der Waals surface area contributed by atoms with Crippen LogP contribution in [0, 0.1) is 13.8 Å². The predicted molar refractivity (Wildman–Crippen MR) is 111 cm³/mol. The first-order valence-corrected chi connectivity index (χ1v) is 10.2. The van der Waals surface area contributed by atoms with Crippen molar-refractivity contribution in [1.82, 2.24) is 30.4 Å². The lowest BCUT2D eigenvalue weighted by atomic mass is 10.1. The van der Waals surface area contributed by atoms with Crippen LogP contribution in [0.3, 0.4) is 0 Å². The molecule has 148 valence electrons. The summed E-state index contributed by atoms with van der Waals surface area (Å²) in [6.07, 6.45) is 0. The Morgan fingerprint density at radius 1 is 1.07 bits per heavy atom. The van der Waals surface area contributed by atoms with E-state index >= 15 is 0 Å². The number of rotatable bonds is 7. The fourth-order valence-corrected chi connectivity index (χ4v) is 3.57. The number of aryl methyl sites for hydroxylation is 2. The molecule has 0 amide bonds. The summed E-state index contributed by atoms with van der Waals surface area (Å²) in [7, 11) is 0. The van der Waals surface area contributed by atoms with Crippen LogP contribution in [0.5, 0.6) is 0 Å². The molecule has 0 spiro atoms. The molecule has 0 aliphatic carbocycles. The van der Waals surface area contributed by atoms with Crippen LogP contribution in [-0.2, 0) is 12.3 Å². The van der Waals surface area contributed by atoms with Gasteiger partial charge in [-0.25, -0.2) is 0 Å². The molecule has 0 radical (unpaired) electrons. The number of benzene rings is 2. The van der Waals surface area contributed by atoms with E-state index in [2.05, 4.69) is 57.0 Å². The summed E-state index contributed by atoms with van der Waals surface area (Å²) >= 11 is 7.32. The fraction of sp³-hybridized carbons (Fsp3) is 0.211. The molecule has 2 aromatic carbocycles. The standard InChI is InChI=1S/C19H18ClN7OS/c1-12-3-8-16(13(2)9-12)21-10-18-23-24-19(28-18)29-11-17-22-25-26-27(17)15-6-4-14(20)5-7-15/h3-9,21H,10-11H2,1-2H3. The zero-order valence-corrected chi connectivity index (χ0v) is 17.4. The van der Waals surface area contributed by atoms with Crippen LogP contribution >= 0.6 is 23.4 Å². The molecule has 2 aromatic heterocycles. The van der Waals surface area contributed by atoms with Crippen molar-refractivity contribution in [2.75, 3.05) is 5.32 Å². The molecule has 2 heterocycles. The maximum Gasteiger partial charge on any atom is 0.277 e. The quantitative estimate of drug-likeness (QED) is 0.438. The van der Waals surface area contributed by atoms with Crippen LogP contribution in [0.15, 0.2) is 52.1 Å². The van der Waals surface area contributed by atoms with Crippen molar-refractivity contribution in [2.45, 2.75) is 31.4 Å². The summed E-state index contributed by atoms with van der Waals surface area (Å²) in [6.45, 7) is 4.59. The van der Waals surface area contributed by atoms with Gasteiger partial charge in [-0.2, -0.15) is 4.68 Å². The molecule has 0 saturated heterocycles. The highest BCUT2D eigenvalue weighted by atomic mass is 35.5. The van der Waals surface area contributed by atoms with Crippen molar-refractivity contribution >= 4 is 29.1 Å². The number of hydrogen-bond acceptors (Lipinski definition) is 8. The largest absolute Gasteiger partial charge is 0.414 e. The van der Waals surface area contributed by atoms with Gasteiger partial charge in [-0.3, -0.25) is 0 Å². The van der Waals surface area contributed by atoms with Crippen molar-refractivity contribution in [3.8, 4) is 5.69 Å². The lowest BCUT2D eigenvalue weighted by Gasteiger charge is -2.07. The van der Waals surface area contributed by atoms with E-state index < -0.39 is 0 Å². The summed E-state index contributed by atoms with van der Waals surface area (Å²) in [6, 6.07) is 13.5. The van der Waals surface area contributed by atoms with Crippen LogP contribution in [0.25, 0.3) is 5.69 Å². The van der Waals surface area contributed by atoms with Gasteiger partial charge in [0.05, 0.1) is 18.0 Å². The van der Waals surface area contributed by atoms with Crippen molar-refractivity contribution < 1.29 is 4.42 Å². The monoisotopic (exact) mass is 427 g/mol. The number of thioether (sulfide) groups is 1. The average Bonchev–Trinajstić information content (AvgIpc) is 3.35. The molecule has 0 fully saturated rings. The van der Waals surface area contributed by atoms with Crippen LogP contribution in [0.2, 0.25) is 5.02 Å². The number of halogens is 1. The molecular formula is C19H18ClN7OS. The van der Waals surface area contributed by atoms with E-state index in [9.17, 15) is 0 Å². The Labute approximate surface area is 176 Å². The molecule has 0 aliphatic heterocycles. The Hall–Kier alpha value is -2.91. The van der Waals surface area contributed by atoms with E-state index in [-0.39, 0.29) is 0 Å². The Morgan fingerprint density at radius 2 is 1.90 bits per heavy atom. The molecule has 10 heteroatoms. The highest BCUT2D eigenvalue weighted by Crippen LogP contribution is 2.23. The molecule has 29 heavy (non-hydrogen) atoms. The lowest BCUT2D eigenvalue weighted by molar-refractivity contribution is 0.418. The van der Waals surface area contributed by atoms with E-state index in [1.54, 1.807) is 16.8 Å². The van der Waals surface area contributed by atoms with E-state index in [0.29, 0.717) is 34.3 Å². The van der Waals surface area contributed by atoms with Gasteiger partial charge in [0.25, 0.3) is 5.22 Å². The van der Waals surface area contributed by atoms with Gasteiger partial charge in [-0.15, -0.1) is 15.3 Å². The highest BCUT2D eigenvalue weighted by molar-refractivity contribution is 7.98. The second kappa shape index (κ2) is 8.62. The Balaban J connectivity index is 1.37. The zero-order valence-electron chi connectivity index (χ0n) is 15.8. The predicted octanol–water partition coefficient (Wildman–Crippen LogP) is 4.22. The van der Waals surface area contributed by atoms with Crippen LogP contribution in [0.1, 0.15) is 22.8 Å². The number of hydrogen-bond donors (Lipinski definition) is 1. The number of anilines is 1. The van der Waals surface area contributed by atoms with Gasteiger partial charge in [0.2, 0.25) is 5.89 Å². The summed E-state index contributed by atoms with van der Waals surface area (Å²) in [5, 5.41) is 24.5. The zero-order chi connectivity index (χ0) is 20.2. The van der Waals surface area contributed by atoms with E-state index in [1.165, 1.54) is 22.9 Å². The number of aromatic nitrogens is 6. The van der Waals surface area contributed by atoms with E-state index in [0.717, 1.165) is 11.4 Å². The van der Waals surface area contributed by atoms with Gasteiger partial charge >= 0.3 is 0 Å². The topological polar surface area (TPSA) is 94.5 Å². The van der Waals surface area contributed by atoms with E-state index in [4.69, 9.17) is 16.0 Å². The summed E-state index contributed by atoms with van der Waals surface area (Å²) in [5.74, 6) is 1.68. The molecule has 8 nitrogen and oxygen atoms in total. The number of tetrazole rings is 1. The minimum atomic E-state index is 0.458. The molecule has 0 atom stereocenters. The van der Waals surface area contributed by atoms with Crippen LogP contribution < -0.4 is 5.32 Å². The maximum absolute atomic E-state index is 5.94. The van der Waals surface area contributed by atoms with Gasteiger partial charge in [-0.05, 0) is 60.2 Å². The van der Waals surface area contributed by atoms with Crippen molar-refractivity contribution in [1.29, 1.82) is 0 Å². The van der Waals surface area contributed by atoms with Gasteiger partial charge in [0.1, 0.15) is 0 Å². The minimum Gasteiger partial charge on any atom is -0.414 e. The van der Waals surface area contributed by atoms with Gasteiger partial charge in [0.15, 0.2) is 5.82 Å². The minimum absolute atomic E-state index is 0.458. The van der Waals surface area contributed by atoms with Crippen molar-refractivity contribution in [2.24, 2.45) is 0 Å². The summed E-state index contributed by atoms with van der Waals surface area (Å²) in [4.78, 5) is 0. The van der Waals surface area contributed by atoms with Gasteiger partial charge in [-0.1, -0.05) is 41.1 Å². The first-order chi connectivity index (χ1) is 14.1. The highest BCUT2D eigenvalue weighted by Gasteiger charge is 2.12. The second-order valence-electron chi connectivity index (χ2n) is 6.41. The molecule has 4 rings (SSSR count). The molecule has 0 saturated carbocycles. The number of nitrogens with one attached hydrogen (secondary N) is 1. The molecular weight excluding hydrogens is 410 g/mol. The smallest absolute Gasteiger partial charge is 0.277 e. The molecule has 0 bridgehead atoms. The molecule has 0 unspecified atom stereocenters. The Bertz CT molecular complexity index is 1110. The van der Waals surface area contributed by atoms with Crippen molar-refractivity contribution in [3.05, 3.63) is 70.3 Å². The average molecular weight is 428 g/mol. The first kappa shape index (κ1) is 19.4. The summed E-state index contributed by atoms with van der Waals surface area (Å²) in [5.41, 5.74) is 4.28. The number of nitrogens with zero attached hydrogens (tertiary/aromatic N) is 6. The van der Waals surface area contributed by atoms with Gasteiger partial charge < -0.3 is 9.73 Å². The SMILES string of the molecule is Cc1ccc(NCc2nnc(SCc3nnnn3-c3ccc(Cl)cc3)o2)c(C)c1. The first-order valence-electron chi connectivity index (χ1n) is 8.88. The molecule has 1 N–H and O–H groups in total. The molecule has 0 aliphatic rings. The summed E-state index contributed by atoms with van der Waals surface area (Å²) < 4.78 is 7.37. The fourth-order valence-electron chi connectivity index (χ4n) is 2.76. The van der Waals surface area contributed by atoms with Crippen LogP contribution in [0.4, 0.5) is 5.69 Å².